The second-order valence-electron chi connectivity index (χ2n) is 17.5. The number of hydrogen-bond acceptors (Lipinski definition) is 7. The van der Waals surface area contributed by atoms with E-state index in [1.165, 1.54) is 154 Å². The van der Waals surface area contributed by atoms with Crippen molar-refractivity contribution in [3.8, 4) is 0 Å². The molecule has 0 saturated heterocycles. The minimum Gasteiger partial charge on any atom is -0.756 e. The Bertz CT molecular complexity index is 967. The van der Waals surface area contributed by atoms with Crippen LogP contribution in [0.15, 0.2) is 24.3 Å². The summed E-state index contributed by atoms with van der Waals surface area (Å²) in [6.45, 7) is 5.41. The van der Waals surface area contributed by atoms with E-state index in [1.807, 2.05) is 21.1 Å². The second kappa shape index (κ2) is 41.7. The molecule has 0 rings (SSSR count). The maximum atomic E-state index is 12.7. The predicted octanol–water partition coefficient (Wildman–Crippen LogP) is 13.8. The number of ether oxygens (including phenoxy) is 2. The number of likely N-dealkylation sites (N-methyl/N-ethyl adjacent to an activating group) is 1. The fourth-order valence-corrected chi connectivity index (χ4v) is 7.48. The lowest BCUT2D eigenvalue weighted by Gasteiger charge is -2.28. The fourth-order valence-electron chi connectivity index (χ4n) is 6.75. The van der Waals surface area contributed by atoms with Gasteiger partial charge in [0.25, 0.3) is 7.82 Å². The van der Waals surface area contributed by atoms with Crippen LogP contribution in [0, 0.1) is 0 Å². The Balaban J connectivity index is 4.18. The number of nitrogens with zero attached hydrogens (tertiary/aromatic N) is 1. The number of esters is 1. The van der Waals surface area contributed by atoms with Crippen molar-refractivity contribution in [1.29, 1.82) is 0 Å². The van der Waals surface area contributed by atoms with Gasteiger partial charge in [0.05, 0.1) is 34.4 Å². The van der Waals surface area contributed by atoms with Crippen molar-refractivity contribution in [1.82, 2.24) is 0 Å². The maximum absolute atomic E-state index is 12.7. The summed E-state index contributed by atoms with van der Waals surface area (Å²) in [4.78, 5) is 25.1. The van der Waals surface area contributed by atoms with E-state index in [0.717, 1.165) is 44.9 Å². The molecule has 0 heterocycles. The van der Waals surface area contributed by atoms with Gasteiger partial charge in [-0.15, -0.1) is 0 Å². The minimum absolute atomic E-state index is 0.0260. The van der Waals surface area contributed by atoms with Gasteiger partial charge in [0.15, 0.2) is 0 Å². The van der Waals surface area contributed by atoms with E-state index in [-0.39, 0.29) is 25.8 Å². The van der Waals surface area contributed by atoms with Gasteiger partial charge < -0.3 is 27.9 Å². The first kappa shape index (κ1) is 56.0. The third-order valence-electron chi connectivity index (χ3n) is 10.5. The molecule has 57 heavy (non-hydrogen) atoms. The predicted molar refractivity (Wildman–Crippen MR) is 240 cm³/mol. The number of phosphoric ester groups is 1. The van der Waals surface area contributed by atoms with Gasteiger partial charge in [-0.05, 0) is 44.9 Å². The number of allylic oxidation sites excluding steroid dienone is 4. The zero-order valence-corrected chi connectivity index (χ0v) is 39.2. The molecule has 0 radical (unpaired) electrons. The van der Waals surface area contributed by atoms with E-state index in [2.05, 4.69) is 38.2 Å². The third kappa shape index (κ3) is 45.9. The van der Waals surface area contributed by atoms with Gasteiger partial charge in [0.1, 0.15) is 19.3 Å². The molecule has 2 atom stereocenters. The van der Waals surface area contributed by atoms with Gasteiger partial charge in [-0.1, -0.05) is 192 Å². The topological polar surface area (TPSA) is 94.1 Å². The Morgan fingerprint density at radius 1 is 0.544 bits per heavy atom. The monoisotopic (exact) mass is 828 g/mol. The van der Waals surface area contributed by atoms with Crippen molar-refractivity contribution in [3.63, 3.8) is 0 Å². The first-order valence-corrected chi connectivity index (χ1v) is 25.5. The van der Waals surface area contributed by atoms with Gasteiger partial charge in [-0.25, -0.2) is 0 Å². The molecule has 0 amide bonds. The number of carbonyl (C=O) groups excluding carboxylic acids is 1. The lowest BCUT2D eigenvalue weighted by Crippen LogP contribution is -2.37. The van der Waals surface area contributed by atoms with Crippen LogP contribution in [0.2, 0.25) is 0 Å². The van der Waals surface area contributed by atoms with Crippen LogP contribution in [-0.2, 0) is 27.9 Å². The summed E-state index contributed by atoms with van der Waals surface area (Å²) < 4.78 is 34.7. The molecule has 0 fully saturated rings. The number of carbonyl (C=O) groups is 1. The zero-order valence-electron chi connectivity index (χ0n) is 38.3. The molecule has 0 spiro atoms. The highest BCUT2D eigenvalue weighted by Crippen LogP contribution is 2.38. The Kier molecular flexibility index (Phi) is 41.0. The van der Waals surface area contributed by atoms with Crippen molar-refractivity contribution in [2.24, 2.45) is 0 Å². The largest absolute Gasteiger partial charge is 0.756 e. The quantitative estimate of drug-likeness (QED) is 0.0198. The highest BCUT2D eigenvalue weighted by atomic mass is 31.2. The molecule has 338 valence electrons. The van der Waals surface area contributed by atoms with Crippen molar-refractivity contribution in [3.05, 3.63) is 24.3 Å². The molecular weight excluding hydrogens is 734 g/mol. The highest BCUT2D eigenvalue weighted by Gasteiger charge is 2.20. The minimum atomic E-state index is -4.53. The Morgan fingerprint density at radius 2 is 0.965 bits per heavy atom. The molecule has 0 aromatic heterocycles. The zero-order chi connectivity index (χ0) is 42.0. The smallest absolute Gasteiger partial charge is 0.306 e. The first-order chi connectivity index (χ1) is 27.6. The van der Waals surface area contributed by atoms with Gasteiger partial charge >= 0.3 is 5.97 Å². The average Bonchev–Trinajstić information content (AvgIpc) is 3.16. The second-order valence-corrected chi connectivity index (χ2v) is 18.9. The molecule has 0 bridgehead atoms. The standard InChI is InChI=1S/C48H94NO7P/c1-6-8-10-12-14-16-18-20-22-24-25-27-29-31-33-35-37-39-41-48(50)56-47(46-55-57(51,52)54-44-42-49(3,4)5)45-53-43-40-38-36-34-32-30-28-26-23-21-19-17-15-13-11-9-7-2/h17,19,23,26,47H,6-16,18,20-22,24-25,27-46H2,1-5H3/b19-17-,26-23-. The van der Waals surface area contributed by atoms with Crippen LogP contribution in [-0.4, -0.2) is 70.7 Å². The van der Waals surface area contributed by atoms with Crippen LogP contribution in [0.5, 0.6) is 0 Å². The maximum Gasteiger partial charge on any atom is 0.306 e. The summed E-state index contributed by atoms with van der Waals surface area (Å²) in [5.41, 5.74) is 0. The van der Waals surface area contributed by atoms with E-state index in [9.17, 15) is 14.3 Å². The highest BCUT2D eigenvalue weighted by molar-refractivity contribution is 7.45. The van der Waals surface area contributed by atoms with Crippen LogP contribution >= 0.6 is 7.82 Å². The number of phosphoric acid groups is 1. The van der Waals surface area contributed by atoms with Gasteiger partial charge in [-0.3, -0.25) is 9.36 Å². The van der Waals surface area contributed by atoms with Crippen molar-refractivity contribution in [2.75, 3.05) is 54.1 Å². The lowest BCUT2D eigenvalue weighted by atomic mass is 10.0. The molecule has 0 aliphatic heterocycles. The molecule has 9 heteroatoms. The third-order valence-corrected chi connectivity index (χ3v) is 11.5. The number of unbranched alkanes of at least 4 members (excludes halogenated alkanes) is 27. The van der Waals surface area contributed by atoms with E-state index in [4.69, 9.17) is 18.5 Å². The average molecular weight is 828 g/mol. The van der Waals surface area contributed by atoms with Crippen LogP contribution in [0.1, 0.15) is 219 Å². The molecule has 0 aromatic carbocycles. The van der Waals surface area contributed by atoms with Gasteiger partial charge in [0, 0.05) is 13.0 Å². The first-order valence-electron chi connectivity index (χ1n) is 24.1. The summed E-state index contributed by atoms with van der Waals surface area (Å²) in [5.74, 6) is -0.334. The molecule has 8 nitrogen and oxygen atoms in total. The van der Waals surface area contributed by atoms with Crippen LogP contribution in [0.3, 0.4) is 0 Å². The fraction of sp³-hybridized carbons (Fsp3) is 0.896. The Morgan fingerprint density at radius 3 is 1.44 bits per heavy atom. The van der Waals surface area contributed by atoms with Crippen LogP contribution in [0.25, 0.3) is 0 Å². The van der Waals surface area contributed by atoms with Crippen molar-refractivity contribution >= 4 is 13.8 Å². The summed E-state index contributed by atoms with van der Waals surface area (Å²) >= 11 is 0. The summed E-state index contributed by atoms with van der Waals surface area (Å²) in [5, 5.41) is 0. The van der Waals surface area contributed by atoms with E-state index in [0.29, 0.717) is 24.1 Å². The Hall–Kier alpha value is -1.02. The van der Waals surface area contributed by atoms with Crippen molar-refractivity contribution in [2.45, 2.75) is 225 Å². The van der Waals surface area contributed by atoms with E-state index < -0.39 is 13.9 Å². The van der Waals surface area contributed by atoms with Gasteiger partial charge in [0.2, 0.25) is 0 Å². The normalized spacial score (nSPS) is 13.9. The number of rotatable bonds is 45. The SMILES string of the molecule is CCCCCC/C=C\C/C=C\CCCCCCCCOCC(COP(=O)([O-])OCC[N+](C)(C)C)OC(=O)CCCCCCCCCCCCCCCCCCCC. The Labute approximate surface area is 353 Å². The van der Waals surface area contributed by atoms with E-state index in [1.54, 1.807) is 0 Å². The molecule has 0 aliphatic rings. The molecule has 0 aromatic rings. The lowest BCUT2D eigenvalue weighted by molar-refractivity contribution is -0.870. The molecule has 2 unspecified atom stereocenters. The van der Waals surface area contributed by atoms with Gasteiger partial charge in [-0.2, -0.15) is 0 Å². The molecular formula is C48H94NO7P. The van der Waals surface area contributed by atoms with Crippen LogP contribution in [0.4, 0.5) is 0 Å². The molecule has 0 N–H and O–H groups in total. The molecule has 0 aliphatic carbocycles. The summed E-state index contributed by atoms with van der Waals surface area (Å²) in [6.07, 6.45) is 47.6. The van der Waals surface area contributed by atoms with E-state index >= 15 is 0 Å². The summed E-state index contributed by atoms with van der Waals surface area (Å²) in [6, 6.07) is 0. The summed E-state index contributed by atoms with van der Waals surface area (Å²) in [7, 11) is 1.36. The van der Waals surface area contributed by atoms with Crippen LogP contribution < -0.4 is 4.89 Å². The van der Waals surface area contributed by atoms with Crippen molar-refractivity contribution < 1.29 is 37.3 Å². The molecule has 0 saturated carbocycles. The number of quaternary nitrogens is 1. The number of hydrogen-bond donors (Lipinski definition) is 0.